The van der Waals surface area contributed by atoms with Gasteiger partial charge in [0.15, 0.2) is 11.5 Å². The predicted octanol–water partition coefficient (Wildman–Crippen LogP) is 0.878. The lowest BCUT2D eigenvalue weighted by atomic mass is 9.88. The van der Waals surface area contributed by atoms with Gasteiger partial charge in [-0.2, -0.15) is 0 Å². The van der Waals surface area contributed by atoms with Crippen molar-refractivity contribution in [2.45, 2.75) is 24.9 Å². The number of hydrogen-bond donors (Lipinski definition) is 2. The lowest BCUT2D eigenvalue weighted by molar-refractivity contribution is -0.132. The standard InChI is InChI=1S/C16H21N3O4/c1-22-12-5-3-4-11(13(12)23-2)10-19-14(20)16(18-15(19)21)6-8-17-9-7-16/h3-5,17H,6-10H2,1-2H3,(H,18,21). The zero-order valence-electron chi connectivity index (χ0n) is 13.3. The van der Waals surface area contributed by atoms with Crippen LogP contribution in [0, 0.1) is 0 Å². The maximum Gasteiger partial charge on any atom is 0.325 e. The molecule has 7 nitrogen and oxygen atoms in total. The quantitative estimate of drug-likeness (QED) is 0.805. The van der Waals surface area contributed by atoms with Gasteiger partial charge >= 0.3 is 6.03 Å². The highest BCUT2D eigenvalue weighted by molar-refractivity contribution is 6.07. The largest absolute Gasteiger partial charge is 0.493 e. The van der Waals surface area contributed by atoms with Crippen LogP contribution in [0.4, 0.5) is 4.79 Å². The molecule has 0 aromatic heterocycles. The lowest BCUT2D eigenvalue weighted by Crippen LogP contribution is -2.53. The first-order valence-electron chi connectivity index (χ1n) is 7.66. The Bertz CT molecular complexity index is 626. The smallest absolute Gasteiger partial charge is 0.325 e. The van der Waals surface area contributed by atoms with Crippen LogP contribution in [0.15, 0.2) is 18.2 Å². The van der Waals surface area contributed by atoms with Gasteiger partial charge in [0.05, 0.1) is 20.8 Å². The summed E-state index contributed by atoms with van der Waals surface area (Å²) in [5.74, 6) is 0.962. The Morgan fingerprint density at radius 1 is 1.17 bits per heavy atom. The summed E-state index contributed by atoms with van der Waals surface area (Å²) in [6.07, 6.45) is 1.23. The second-order valence-corrected chi connectivity index (χ2v) is 5.81. The zero-order valence-corrected chi connectivity index (χ0v) is 13.3. The number of piperidine rings is 1. The van der Waals surface area contributed by atoms with E-state index in [-0.39, 0.29) is 18.5 Å². The number of hydrogen-bond acceptors (Lipinski definition) is 5. The van der Waals surface area contributed by atoms with Crippen LogP contribution in [0.1, 0.15) is 18.4 Å². The van der Waals surface area contributed by atoms with Crippen molar-refractivity contribution in [3.63, 3.8) is 0 Å². The van der Waals surface area contributed by atoms with E-state index >= 15 is 0 Å². The Hall–Kier alpha value is -2.28. The highest BCUT2D eigenvalue weighted by atomic mass is 16.5. The molecule has 1 spiro atoms. The number of methoxy groups -OCH3 is 2. The van der Waals surface area contributed by atoms with Crippen molar-refractivity contribution in [1.82, 2.24) is 15.5 Å². The predicted molar refractivity (Wildman–Crippen MR) is 83.5 cm³/mol. The summed E-state index contributed by atoms with van der Waals surface area (Å²) in [4.78, 5) is 26.4. The molecule has 3 amide bonds. The normalized spacial score (nSPS) is 19.8. The van der Waals surface area contributed by atoms with E-state index < -0.39 is 5.54 Å². The van der Waals surface area contributed by atoms with Gasteiger partial charge in [0, 0.05) is 5.56 Å². The molecule has 2 fully saturated rings. The molecule has 2 aliphatic rings. The molecular weight excluding hydrogens is 298 g/mol. The monoisotopic (exact) mass is 319 g/mol. The van der Waals surface area contributed by atoms with Crippen LogP contribution in [0.2, 0.25) is 0 Å². The van der Waals surface area contributed by atoms with Crippen molar-refractivity contribution in [2.24, 2.45) is 0 Å². The second kappa shape index (κ2) is 6.08. The van der Waals surface area contributed by atoms with Gasteiger partial charge in [-0.3, -0.25) is 9.69 Å². The summed E-state index contributed by atoms with van der Waals surface area (Å²) >= 11 is 0. The molecule has 124 valence electrons. The highest BCUT2D eigenvalue weighted by Crippen LogP contribution is 2.34. The Labute approximate surface area is 134 Å². The number of benzene rings is 1. The fraction of sp³-hybridized carbons (Fsp3) is 0.500. The van der Waals surface area contributed by atoms with E-state index in [0.29, 0.717) is 24.3 Å². The van der Waals surface area contributed by atoms with Gasteiger partial charge < -0.3 is 20.1 Å². The molecule has 2 heterocycles. The minimum Gasteiger partial charge on any atom is -0.493 e. The van der Waals surface area contributed by atoms with Crippen molar-refractivity contribution in [3.05, 3.63) is 23.8 Å². The number of nitrogens with one attached hydrogen (secondary N) is 2. The van der Waals surface area contributed by atoms with Crippen LogP contribution >= 0.6 is 0 Å². The molecule has 2 saturated heterocycles. The minimum atomic E-state index is -0.756. The van der Waals surface area contributed by atoms with Gasteiger partial charge in [0.1, 0.15) is 5.54 Å². The molecule has 1 aromatic carbocycles. The number of carbonyl (C=O) groups is 2. The Morgan fingerprint density at radius 2 is 1.91 bits per heavy atom. The Balaban J connectivity index is 1.86. The molecule has 2 N–H and O–H groups in total. The van der Waals surface area contributed by atoms with E-state index in [9.17, 15) is 9.59 Å². The van der Waals surface area contributed by atoms with Crippen molar-refractivity contribution < 1.29 is 19.1 Å². The molecule has 0 saturated carbocycles. The first kappa shape index (κ1) is 15.6. The SMILES string of the molecule is COc1cccc(CN2C(=O)NC3(CCNCC3)C2=O)c1OC. The van der Waals surface area contributed by atoms with E-state index in [1.165, 1.54) is 4.90 Å². The maximum atomic E-state index is 12.8. The zero-order chi connectivity index (χ0) is 16.4. The summed E-state index contributed by atoms with van der Waals surface area (Å²) < 4.78 is 10.6. The van der Waals surface area contributed by atoms with E-state index in [2.05, 4.69) is 10.6 Å². The molecule has 2 aliphatic heterocycles. The van der Waals surface area contributed by atoms with Crippen LogP contribution in [-0.4, -0.2) is 49.7 Å². The second-order valence-electron chi connectivity index (χ2n) is 5.81. The summed E-state index contributed by atoms with van der Waals surface area (Å²) in [5, 5.41) is 6.09. The van der Waals surface area contributed by atoms with Crippen molar-refractivity contribution in [1.29, 1.82) is 0 Å². The molecule has 0 unspecified atom stereocenters. The number of amides is 3. The summed E-state index contributed by atoms with van der Waals surface area (Å²) in [6, 6.07) is 5.08. The van der Waals surface area contributed by atoms with Gasteiger partial charge in [-0.25, -0.2) is 4.79 Å². The fourth-order valence-electron chi connectivity index (χ4n) is 3.26. The molecule has 0 atom stereocenters. The van der Waals surface area contributed by atoms with E-state index in [1.807, 2.05) is 12.1 Å². The molecule has 7 heteroatoms. The van der Waals surface area contributed by atoms with Crippen LogP contribution < -0.4 is 20.1 Å². The lowest BCUT2D eigenvalue weighted by Gasteiger charge is -2.31. The van der Waals surface area contributed by atoms with Crippen molar-refractivity contribution in [3.8, 4) is 11.5 Å². The molecule has 3 rings (SSSR count). The number of para-hydroxylation sites is 1. The average Bonchev–Trinajstić information content (AvgIpc) is 2.79. The van der Waals surface area contributed by atoms with Gasteiger partial charge in [0.25, 0.3) is 5.91 Å². The van der Waals surface area contributed by atoms with Crippen molar-refractivity contribution in [2.75, 3.05) is 27.3 Å². The van der Waals surface area contributed by atoms with Gasteiger partial charge in [-0.05, 0) is 32.0 Å². The minimum absolute atomic E-state index is 0.158. The third-order valence-electron chi connectivity index (χ3n) is 4.52. The average molecular weight is 319 g/mol. The van der Waals surface area contributed by atoms with E-state index in [1.54, 1.807) is 20.3 Å². The molecular formula is C16H21N3O4. The highest BCUT2D eigenvalue weighted by Gasteiger charge is 2.51. The summed E-state index contributed by atoms with van der Waals surface area (Å²) in [7, 11) is 3.10. The number of rotatable bonds is 4. The van der Waals surface area contributed by atoms with Gasteiger partial charge in [0.2, 0.25) is 0 Å². The first-order valence-corrected chi connectivity index (χ1v) is 7.66. The number of nitrogens with zero attached hydrogens (tertiary/aromatic N) is 1. The number of ether oxygens (including phenoxy) is 2. The van der Waals surface area contributed by atoms with E-state index in [0.717, 1.165) is 18.7 Å². The summed E-state index contributed by atoms with van der Waals surface area (Å²) in [6.45, 7) is 1.62. The Kier molecular flexibility index (Phi) is 4.12. The van der Waals surface area contributed by atoms with Crippen LogP contribution in [0.5, 0.6) is 11.5 Å². The molecule has 0 bridgehead atoms. The van der Waals surface area contributed by atoms with Gasteiger partial charge in [-0.1, -0.05) is 12.1 Å². The number of imide groups is 1. The summed E-state index contributed by atoms with van der Waals surface area (Å²) in [5.41, 5.74) is -0.0182. The third kappa shape index (κ3) is 2.61. The number of carbonyl (C=O) groups excluding carboxylic acids is 2. The Morgan fingerprint density at radius 3 is 2.57 bits per heavy atom. The first-order chi connectivity index (χ1) is 11.1. The van der Waals surface area contributed by atoms with Crippen molar-refractivity contribution >= 4 is 11.9 Å². The molecule has 1 aromatic rings. The maximum absolute atomic E-state index is 12.8. The fourth-order valence-corrected chi connectivity index (χ4v) is 3.26. The van der Waals surface area contributed by atoms with Gasteiger partial charge in [-0.15, -0.1) is 0 Å². The molecule has 0 aliphatic carbocycles. The van der Waals surface area contributed by atoms with Crippen LogP contribution in [0.25, 0.3) is 0 Å². The molecule has 0 radical (unpaired) electrons. The van der Waals surface area contributed by atoms with Crippen LogP contribution in [-0.2, 0) is 11.3 Å². The number of urea groups is 1. The molecule has 23 heavy (non-hydrogen) atoms. The third-order valence-corrected chi connectivity index (χ3v) is 4.52. The topological polar surface area (TPSA) is 79.9 Å². The van der Waals surface area contributed by atoms with Crippen LogP contribution in [0.3, 0.4) is 0 Å². The van der Waals surface area contributed by atoms with E-state index in [4.69, 9.17) is 9.47 Å².